The van der Waals surface area contributed by atoms with Crippen LogP contribution in [0.4, 0.5) is 0 Å². The summed E-state index contributed by atoms with van der Waals surface area (Å²) in [7, 11) is 1.59. The average molecular weight is 438 g/mol. The number of carbonyl (C=O) groups is 1. The fourth-order valence-corrected chi connectivity index (χ4v) is 3.75. The smallest absolute Gasteiger partial charge is 0.278 e. The quantitative estimate of drug-likeness (QED) is 0.554. The minimum atomic E-state index is -0.556. The Morgan fingerprint density at radius 3 is 2.59 bits per heavy atom. The summed E-state index contributed by atoms with van der Waals surface area (Å²) >= 11 is 0. The predicted octanol–water partition coefficient (Wildman–Crippen LogP) is 3.41. The lowest BCUT2D eigenvalue weighted by Crippen LogP contribution is -2.45. The number of methoxy groups -OCH3 is 1. The van der Waals surface area contributed by atoms with Gasteiger partial charge < -0.3 is 18.9 Å². The zero-order chi connectivity index (χ0) is 22.5. The zero-order valence-electron chi connectivity index (χ0n) is 18.5. The van der Waals surface area contributed by atoms with E-state index in [1.807, 2.05) is 43.0 Å². The molecule has 9 nitrogen and oxygen atoms in total. The van der Waals surface area contributed by atoms with E-state index < -0.39 is 6.10 Å². The number of likely N-dealkylation sites (tertiary alicyclic amines) is 1. The highest BCUT2D eigenvalue weighted by atomic mass is 16.5. The largest absolute Gasteiger partial charge is 0.493 e. The topological polar surface area (TPSA) is 103 Å². The lowest BCUT2D eigenvalue weighted by atomic mass is 9.95. The predicted molar refractivity (Wildman–Crippen MR) is 116 cm³/mol. The number of piperidine rings is 1. The van der Waals surface area contributed by atoms with Gasteiger partial charge in [0.1, 0.15) is 5.69 Å². The second kappa shape index (κ2) is 9.76. The number of benzene rings is 1. The molecule has 3 heterocycles. The average Bonchev–Trinajstić information content (AvgIpc) is 3.33. The molecule has 1 amide bonds. The third-order valence-corrected chi connectivity index (χ3v) is 5.60. The molecule has 3 aromatic rings. The number of rotatable bonds is 7. The third kappa shape index (κ3) is 4.71. The Balaban J connectivity index is 1.36. The number of para-hydroxylation sites is 2. The molecule has 0 bridgehead atoms. The standard InChI is InChI=1S/C23H27N5O4/c1-4-18(31-20-8-6-5-7-19(20)30-3)23(29)28-11-9-16(10-12-28)21-26-22(32-27-21)17-14-24-15(2)13-25-17/h5-8,13-14,16,18H,4,9-12H2,1-3H3. The molecule has 1 saturated heterocycles. The number of amides is 1. The molecule has 1 aromatic carbocycles. The van der Waals surface area contributed by atoms with Crippen molar-refractivity contribution in [2.45, 2.75) is 45.1 Å². The maximum absolute atomic E-state index is 13.1. The van der Waals surface area contributed by atoms with E-state index >= 15 is 0 Å². The first-order chi connectivity index (χ1) is 15.6. The number of aryl methyl sites for hydroxylation is 1. The number of hydrogen-bond acceptors (Lipinski definition) is 8. The number of carbonyl (C=O) groups excluding carboxylic acids is 1. The summed E-state index contributed by atoms with van der Waals surface area (Å²) in [6, 6.07) is 7.36. The van der Waals surface area contributed by atoms with Crippen molar-refractivity contribution < 1.29 is 18.8 Å². The molecule has 168 valence electrons. The van der Waals surface area contributed by atoms with Gasteiger partial charge in [-0.15, -0.1) is 0 Å². The molecule has 4 rings (SSSR count). The van der Waals surface area contributed by atoms with Crippen molar-refractivity contribution in [3.05, 3.63) is 48.2 Å². The van der Waals surface area contributed by atoms with Crippen molar-refractivity contribution in [1.29, 1.82) is 0 Å². The van der Waals surface area contributed by atoms with E-state index in [9.17, 15) is 4.79 Å². The molecule has 0 aliphatic carbocycles. The molecule has 2 aromatic heterocycles. The summed E-state index contributed by atoms with van der Waals surface area (Å²) in [6.45, 7) is 5.04. The Morgan fingerprint density at radius 2 is 1.94 bits per heavy atom. The molecule has 1 atom stereocenters. The molecular weight excluding hydrogens is 410 g/mol. The first-order valence-corrected chi connectivity index (χ1v) is 10.8. The summed E-state index contributed by atoms with van der Waals surface area (Å²) in [5.74, 6) is 2.31. The molecule has 32 heavy (non-hydrogen) atoms. The van der Waals surface area contributed by atoms with E-state index in [1.54, 1.807) is 19.5 Å². The van der Waals surface area contributed by atoms with Crippen LogP contribution >= 0.6 is 0 Å². The maximum Gasteiger partial charge on any atom is 0.278 e. The Labute approximate surface area is 186 Å². The molecular formula is C23H27N5O4. The highest BCUT2D eigenvalue weighted by Gasteiger charge is 2.31. The van der Waals surface area contributed by atoms with E-state index in [0.29, 0.717) is 48.4 Å². The summed E-state index contributed by atoms with van der Waals surface area (Å²) in [5, 5.41) is 4.14. The lowest BCUT2D eigenvalue weighted by molar-refractivity contribution is -0.140. The molecule has 1 unspecified atom stereocenters. The van der Waals surface area contributed by atoms with Gasteiger partial charge in [0.05, 0.1) is 19.0 Å². The van der Waals surface area contributed by atoms with Crippen LogP contribution in [-0.4, -0.2) is 57.2 Å². The van der Waals surface area contributed by atoms with Gasteiger partial charge in [0.25, 0.3) is 11.8 Å². The second-order valence-corrected chi connectivity index (χ2v) is 7.77. The highest BCUT2D eigenvalue weighted by molar-refractivity contribution is 5.81. The van der Waals surface area contributed by atoms with Gasteiger partial charge in [-0.3, -0.25) is 9.78 Å². The Morgan fingerprint density at radius 1 is 1.19 bits per heavy atom. The molecule has 0 N–H and O–H groups in total. The third-order valence-electron chi connectivity index (χ3n) is 5.60. The number of ether oxygens (including phenoxy) is 2. The Hall–Kier alpha value is -3.49. The fraction of sp³-hybridized carbons (Fsp3) is 0.435. The molecule has 0 spiro atoms. The molecule has 9 heteroatoms. The Kier molecular flexibility index (Phi) is 6.63. The second-order valence-electron chi connectivity index (χ2n) is 7.77. The van der Waals surface area contributed by atoms with Crippen molar-refractivity contribution in [2.75, 3.05) is 20.2 Å². The van der Waals surface area contributed by atoms with Crippen molar-refractivity contribution in [2.24, 2.45) is 0 Å². The van der Waals surface area contributed by atoms with Crippen LogP contribution in [0.15, 0.2) is 41.2 Å². The van der Waals surface area contributed by atoms with Gasteiger partial charge in [-0.1, -0.05) is 24.2 Å². The van der Waals surface area contributed by atoms with Crippen LogP contribution in [0, 0.1) is 6.92 Å². The number of nitrogens with zero attached hydrogens (tertiary/aromatic N) is 5. The van der Waals surface area contributed by atoms with Crippen LogP contribution in [0.2, 0.25) is 0 Å². The number of aromatic nitrogens is 4. The van der Waals surface area contributed by atoms with Crippen molar-refractivity contribution in [3.8, 4) is 23.1 Å². The van der Waals surface area contributed by atoms with Gasteiger partial charge in [-0.05, 0) is 38.3 Å². The van der Waals surface area contributed by atoms with Gasteiger partial charge in [0, 0.05) is 25.2 Å². The van der Waals surface area contributed by atoms with Gasteiger partial charge >= 0.3 is 0 Å². The minimum Gasteiger partial charge on any atom is -0.493 e. The molecule has 0 saturated carbocycles. The van der Waals surface area contributed by atoms with Crippen molar-refractivity contribution >= 4 is 5.91 Å². The van der Waals surface area contributed by atoms with E-state index in [1.165, 1.54) is 0 Å². The molecule has 1 aliphatic rings. The summed E-state index contributed by atoms with van der Waals surface area (Å²) in [4.78, 5) is 28.0. The van der Waals surface area contributed by atoms with Gasteiger partial charge in [0.2, 0.25) is 0 Å². The summed E-state index contributed by atoms with van der Waals surface area (Å²) in [5.41, 5.74) is 1.38. The molecule has 1 aliphatic heterocycles. The normalized spacial score (nSPS) is 15.4. The highest BCUT2D eigenvalue weighted by Crippen LogP contribution is 2.30. The van der Waals surface area contributed by atoms with E-state index in [2.05, 4.69) is 20.1 Å². The van der Waals surface area contributed by atoms with Crippen LogP contribution in [0.1, 0.15) is 43.6 Å². The van der Waals surface area contributed by atoms with E-state index in [4.69, 9.17) is 14.0 Å². The summed E-state index contributed by atoms with van der Waals surface area (Å²) < 4.78 is 16.7. The lowest BCUT2D eigenvalue weighted by Gasteiger charge is -2.33. The van der Waals surface area contributed by atoms with Gasteiger partial charge in [-0.25, -0.2) is 4.98 Å². The van der Waals surface area contributed by atoms with Crippen LogP contribution in [0.25, 0.3) is 11.6 Å². The van der Waals surface area contributed by atoms with E-state index in [0.717, 1.165) is 18.5 Å². The van der Waals surface area contributed by atoms with Crippen LogP contribution in [0.5, 0.6) is 11.5 Å². The number of hydrogen-bond donors (Lipinski definition) is 0. The van der Waals surface area contributed by atoms with Gasteiger partial charge in [-0.2, -0.15) is 4.98 Å². The monoisotopic (exact) mass is 437 g/mol. The maximum atomic E-state index is 13.1. The molecule has 1 fully saturated rings. The van der Waals surface area contributed by atoms with Crippen LogP contribution in [0.3, 0.4) is 0 Å². The van der Waals surface area contributed by atoms with Gasteiger partial charge in [0.15, 0.2) is 23.4 Å². The van der Waals surface area contributed by atoms with Crippen LogP contribution < -0.4 is 9.47 Å². The van der Waals surface area contributed by atoms with E-state index in [-0.39, 0.29) is 11.8 Å². The molecule has 0 radical (unpaired) electrons. The Bertz CT molecular complexity index is 1040. The van der Waals surface area contributed by atoms with Crippen LogP contribution in [-0.2, 0) is 4.79 Å². The van der Waals surface area contributed by atoms with Crippen molar-refractivity contribution in [3.63, 3.8) is 0 Å². The fourth-order valence-electron chi connectivity index (χ4n) is 3.75. The first kappa shape index (κ1) is 21.7. The minimum absolute atomic E-state index is 0.0133. The SMILES string of the molecule is CCC(Oc1ccccc1OC)C(=O)N1CCC(c2noc(-c3cnc(C)cn3)n2)CC1. The zero-order valence-corrected chi connectivity index (χ0v) is 18.5. The first-order valence-electron chi connectivity index (χ1n) is 10.8. The summed E-state index contributed by atoms with van der Waals surface area (Å²) in [6.07, 6.45) is 4.83. The van der Waals surface area contributed by atoms with Crippen molar-refractivity contribution in [1.82, 2.24) is 25.0 Å².